The number of nitrogens with one attached hydrogen (secondary N) is 2. The van der Waals surface area contributed by atoms with Crippen molar-refractivity contribution in [2.75, 3.05) is 0 Å². The number of hydrogen-bond donors (Lipinski definition) is 2. The second-order valence-electron chi connectivity index (χ2n) is 4.19. The highest BCUT2D eigenvalue weighted by atomic mass is 16.1. The molecule has 4 nitrogen and oxygen atoms in total. The highest BCUT2D eigenvalue weighted by Gasteiger charge is 2.11. The molecule has 0 fully saturated rings. The Morgan fingerprint density at radius 1 is 1.47 bits per heavy atom. The number of amides is 1. The normalized spacial score (nSPS) is 10.5. The summed E-state index contributed by atoms with van der Waals surface area (Å²) in [5.41, 5.74) is 1.86. The fraction of sp³-hybridized carbons (Fsp3) is 0.231. The van der Waals surface area contributed by atoms with Gasteiger partial charge in [0.05, 0.1) is 11.6 Å². The molecular formula is C13H13N3O. The van der Waals surface area contributed by atoms with E-state index in [1.807, 2.05) is 19.9 Å². The van der Waals surface area contributed by atoms with Crippen LogP contribution in [0.2, 0.25) is 0 Å². The van der Waals surface area contributed by atoms with E-state index >= 15 is 0 Å². The van der Waals surface area contributed by atoms with Crippen molar-refractivity contribution >= 4 is 16.8 Å². The molecule has 0 spiro atoms. The molecule has 0 aliphatic heterocycles. The van der Waals surface area contributed by atoms with Crippen LogP contribution in [0.15, 0.2) is 24.3 Å². The highest BCUT2D eigenvalue weighted by Crippen LogP contribution is 2.19. The predicted molar refractivity (Wildman–Crippen MR) is 65.6 cm³/mol. The standard InChI is InChI=1S/C13H13N3O/c1-8(2)15-13(17)12-6-10-9(7-14)4-3-5-11(10)16-12/h3-6,8,16H,1-2H3,(H,15,17). The van der Waals surface area contributed by atoms with Gasteiger partial charge in [-0.2, -0.15) is 5.26 Å². The van der Waals surface area contributed by atoms with Crippen LogP contribution in [0.5, 0.6) is 0 Å². The van der Waals surface area contributed by atoms with Gasteiger partial charge in [0.25, 0.3) is 5.91 Å². The van der Waals surface area contributed by atoms with Gasteiger partial charge in [-0.1, -0.05) is 6.07 Å². The van der Waals surface area contributed by atoms with Crippen LogP contribution in [-0.2, 0) is 0 Å². The number of benzene rings is 1. The monoisotopic (exact) mass is 227 g/mol. The van der Waals surface area contributed by atoms with E-state index in [4.69, 9.17) is 5.26 Å². The zero-order valence-electron chi connectivity index (χ0n) is 9.74. The summed E-state index contributed by atoms with van der Waals surface area (Å²) >= 11 is 0. The lowest BCUT2D eigenvalue weighted by Gasteiger charge is -2.05. The number of fused-ring (bicyclic) bond motifs is 1. The number of rotatable bonds is 2. The molecule has 1 amide bonds. The number of hydrogen-bond acceptors (Lipinski definition) is 2. The summed E-state index contributed by atoms with van der Waals surface area (Å²) in [7, 11) is 0. The Balaban J connectivity index is 2.45. The van der Waals surface area contributed by atoms with E-state index in [1.165, 1.54) is 0 Å². The molecular weight excluding hydrogens is 214 g/mol. The van der Waals surface area contributed by atoms with Crippen molar-refractivity contribution in [2.24, 2.45) is 0 Å². The fourth-order valence-electron chi connectivity index (χ4n) is 1.71. The third kappa shape index (κ3) is 2.13. The van der Waals surface area contributed by atoms with Crippen LogP contribution < -0.4 is 5.32 Å². The number of carbonyl (C=O) groups excluding carboxylic acids is 1. The van der Waals surface area contributed by atoms with Crippen molar-refractivity contribution in [1.82, 2.24) is 10.3 Å². The second kappa shape index (κ2) is 4.30. The van der Waals surface area contributed by atoms with Crippen LogP contribution in [0.3, 0.4) is 0 Å². The zero-order valence-corrected chi connectivity index (χ0v) is 9.74. The molecule has 0 aliphatic rings. The van der Waals surface area contributed by atoms with Crippen molar-refractivity contribution in [3.63, 3.8) is 0 Å². The van der Waals surface area contributed by atoms with Gasteiger partial charge in [-0.05, 0) is 32.0 Å². The first-order valence-corrected chi connectivity index (χ1v) is 5.44. The van der Waals surface area contributed by atoms with Gasteiger partial charge in [-0.25, -0.2) is 0 Å². The van der Waals surface area contributed by atoms with Gasteiger partial charge in [0.1, 0.15) is 5.69 Å². The largest absolute Gasteiger partial charge is 0.350 e. The average molecular weight is 227 g/mol. The number of nitriles is 1. The van der Waals surface area contributed by atoms with Gasteiger partial charge in [0.2, 0.25) is 0 Å². The minimum absolute atomic E-state index is 0.0874. The molecule has 0 radical (unpaired) electrons. The predicted octanol–water partition coefficient (Wildman–Crippen LogP) is 2.18. The number of nitrogens with zero attached hydrogens (tertiary/aromatic N) is 1. The van der Waals surface area contributed by atoms with E-state index in [0.717, 1.165) is 10.9 Å². The zero-order chi connectivity index (χ0) is 12.4. The molecule has 1 aromatic heterocycles. The van der Waals surface area contributed by atoms with Crippen LogP contribution in [0, 0.1) is 11.3 Å². The first-order chi connectivity index (χ1) is 8.11. The van der Waals surface area contributed by atoms with Gasteiger partial charge in [0, 0.05) is 16.9 Å². The van der Waals surface area contributed by atoms with Crippen molar-refractivity contribution in [2.45, 2.75) is 19.9 Å². The summed E-state index contributed by atoms with van der Waals surface area (Å²) in [4.78, 5) is 14.8. The van der Waals surface area contributed by atoms with Gasteiger partial charge < -0.3 is 10.3 Å². The lowest BCUT2D eigenvalue weighted by molar-refractivity contribution is 0.0939. The van der Waals surface area contributed by atoms with Crippen LogP contribution in [0.25, 0.3) is 10.9 Å². The van der Waals surface area contributed by atoms with E-state index in [9.17, 15) is 4.79 Å². The molecule has 0 saturated carbocycles. The molecule has 0 atom stereocenters. The minimum atomic E-state index is -0.153. The second-order valence-corrected chi connectivity index (χ2v) is 4.19. The molecule has 2 N–H and O–H groups in total. The molecule has 0 aliphatic carbocycles. The molecule has 1 heterocycles. The Morgan fingerprint density at radius 3 is 2.88 bits per heavy atom. The third-order valence-electron chi connectivity index (χ3n) is 2.45. The topological polar surface area (TPSA) is 68.7 Å². The maximum atomic E-state index is 11.8. The van der Waals surface area contributed by atoms with E-state index in [2.05, 4.69) is 16.4 Å². The molecule has 0 saturated heterocycles. The number of aromatic nitrogens is 1. The molecule has 2 aromatic rings. The first-order valence-electron chi connectivity index (χ1n) is 5.44. The van der Waals surface area contributed by atoms with Crippen LogP contribution >= 0.6 is 0 Å². The van der Waals surface area contributed by atoms with Gasteiger partial charge >= 0.3 is 0 Å². The van der Waals surface area contributed by atoms with Crippen molar-refractivity contribution < 1.29 is 4.79 Å². The first kappa shape index (κ1) is 11.2. The highest BCUT2D eigenvalue weighted by molar-refractivity contribution is 5.99. The van der Waals surface area contributed by atoms with Gasteiger partial charge in [-0.15, -0.1) is 0 Å². The summed E-state index contributed by atoms with van der Waals surface area (Å²) in [6, 6.07) is 9.29. The Labute approximate surface area is 99.3 Å². The molecule has 86 valence electrons. The van der Waals surface area contributed by atoms with Crippen molar-refractivity contribution in [3.8, 4) is 6.07 Å². The molecule has 2 rings (SSSR count). The van der Waals surface area contributed by atoms with E-state index in [1.54, 1.807) is 18.2 Å². The number of aromatic amines is 1. The van der Waals surface area contributed by atoms with Crippen LogP contribution in [0.4, 0.5) is 0 Å². The van der Waals surface area contributed by atoms with Crippen molar-refractivity contribution in [3.05, 3.63) is 35.5 Å². The summed E-state index contributed by atoms with van der Waals surface area (Å²) in [6.45, 7) is 3.81. The summed E-state index contributed by atoms with van der Waals surface area (Å²) in [6.07, 6.45) is 0. The van der Waals surface area contributed by atoms with Crippen LogP contribution in [0.1, 0.15) is 29.9 Å². The quantitative estimate of drug-likeness (QED) is 0.825. The molecule has 0 unspecified atom stereocenters. The average Bonchev–Trinajstić information content (AvgIpc) is 2.71. The third-order valence-corrected chi connectivity index (χ3v) is 2.45. The maximum absolute atomic E-state index is 11.8. The summed E-state index contributed by atoms with van der Waals surface area (Å²) in [5.74, 6) is -0.153. The maximum Gasteiger partial charge on any atom is 0.267 e. The Kier molecular flexibility index (Phi) is 2.84. The van der Waals surface area contributed by atoms with Crippen LogP contribution in [-0.4, -0.2) is 16.9 Å². The Hall–Kier alpha value is -2.28. The molecule has 4 heteroatoms. The lowest BCUT2D eigenvalue weighted by Crippen LogP contribution is -2.30. The van der Waals surface area contributed by atoms with E-state index in [-0.39, 0.29) is 11.9 Å². The minimum Gasteiger partial charge on any atom is -0.350 e. The number of carbonyl (C=O) groups is 1. The van der Waals surface area contributed by atoms with Crippen molar-refractivity contribution in [1.29, 1.82) is 5.26 Å². The molecule has 0 bridgehead atoms. The molecule has 1 aromatic carbocycles. The van der Waals surface area contributed by atoms with Gasteiger partial charge in [-0.3, -0.25) is 4.79 Å². The summed E-state index contributed by atoms with van der Waals surface area (Å²) in [5, 5.41) is 12.6. The van der Waals surface area contributed by atoms with E-state index < -0.39 is 0 Å². The Bertz CT molecular complexity index is 605. The smallest absolute Gasteiger partial charge is 0.267 e. The summed E-state index contributed by atoms with van der Waals surface area (Å²) < 4.78 is 0. The SMILES string of the molecule is CC(C)NC(=O)c1cc2c(C#N)cccc2[nH]1. The number of H-pyrrole nitrogens is 1. The molecule has 17 heavy (non-hydrogen) atoms. The lowest BCUT2D eigenvalue weighted by atomic mass is 10.1. The Morgan fingerprint density at radius 2 is 2.24 bits per heavy atom. The van der Waals surface area contributed by atoms with Gasteiger partial charge in [0.15, 0.2) is 0 Å². The fourth-order valence-corrected chi connectivity index (χ4v) is 1.71. The van der Waals surface area contributed by atoms with E-state index in [0.29, 0.717) is 11.3 Å².